The second-order valence-electron chi connectivity index (χ2n) is 7.36. The second-order valence-corrected chi connectivity index (χ2v) is 7.36. The molecule has 3 heterocycles. The number of imidazole rings is 1. The van der Waals surface area contributed by atoms with Crippen LogP contribution in [-0.4, -0.2) is 34.5 Å². The average molecular weight is 359 g/mol. The maximum Gasteiger partial charge on any atom is 0.178 e. The zero-order valence-corrected chi connectivity index (χ0v) is 15.7. The molecule has 0 radical (unpaired) electrons. The van der Waals surface area contributed by atoms with Gasteiger partial charge in [0.05, 0.1) is 17.2 Å². The zero-order valence-electron chi connectivity index (χ0n) is 15.7. The highest BCUT2D eigenvalue weighted by Crippen LogP contribution is 2.49. The third-order valence-corrected chi connectivity index (χ3v) is 5.36. The van der Waals surface area contributed by atoms with Gasteiger partial charge in [-0.15, -0.1) is 10.2 Å². The van der Waals surface area contributed by atoms with E-state index in [9.17, 15) is 0 Å². The third kappa shape index (κ3) is 2.79. The summed E-state index contributed by atoms with van der Waals surface area (Å²) in [5, 5.41) is 12.8. The lowest BCUT2D eigenvalue weighted by Gasteiger charge is -2.05. The van der Waals surface area contributed by atoms with E-state index in [0.29, 0.717) is 11.8 Å². The van der Waals surface area contributed by atoms with Crippen LogP contribution in [0, 0.1) is 19.8 Å². The Bertz CT molecular complexity index is 1140. The predicted molar refractivity (Wildman–Crippen MR) is 102 cm³/mol. The van der Waals surface area contributed by atoms with Crippen LogP contribution in [0.25, 0.3) is 16.9 Å². The summed E-state index contributed by atoms with van der Waals surface area (Å²) in [6, 6.07) is 10.4. The average Bonchev–Trinajstić information content (AvgIpc) is 3.21. The van der Waals surface area contributed by atoms with Crippen molar-refractivity contribution in [3.8, 4) is 5.82 Å². The third-order valence-electron chi connectivity index (χ3n) is 5.36. The molecule has 7 nitrogen and oxygen atoms in total. The summed E-state index contributed by atoms with van der Waals surface area (Å²) in [5.74, 6) is 4.58. The fourth-order valence-electron chi connectivity index (χ4n) is 3.94. The van der Waals surface area contributed by atoms with Gasteiger partial charge in [-0.3, -0.25) is 0 Å². The summed E-state index contributed by atoms with van der Waals surface area (Å²) in [7, 11) is 2.11. The molecule has 1 fully saturated rings. The first kappa shape index (κ1) is 16.1. The molecule has 1 aliphatic rings. The maximum absolute atomic E-state index is 4.86. The topological polar surface area (TPSA) is 74.3 Å². The van der Waals surface area contributed by atoms with Crippen molar-refractivity contribution >= 4 is 11.0 Å². The summed E-state index contributed by atoms with van der Waals surface area (Å²) >= 11 is 0. The van der Waals surface area contributed by atoms with Crippen LogP contribution >= 0.6 is 0 Å². The number of aromatic nitrogens is 7. The quantitative estimate of drug-likeness (QED) is 0.560. The Hall–Kier alpha value is -3.09. The second kappa shape index (κ2) is 5.97. The van der Waals surface area contributed by atoms with E-state index in [0.717, 1.165) is 35.8 Å². The van der Waals surface area contributed by atoms with E-state index in [1.54, 1.807) is 4.68 Å². The van der Waals surface area contributed by atoms with E-state index in [2.05, 4.69) is 56.2 Å². The first-order valence-corrected chi connectivity index (χ1v) is 9.24. The van der Waals surface area contributed by atoms with Crippen molar-refractivity contribution in [3.05, 3.63) is 59.6 Å². The Morgan fingerprint density at radius 3 is 2.78 bits per heavy atom. The summed E-state index contributed by atoms with van der Waals surface area (Å²) in [6.07, 6.45) is 3.99. The zero-order chi connectivity index (χ0) is 18.5. The summed E-state index contributed by atoms with van der Waals surface area (Å²) in [5.41, 5.74) is 3.45. The molecule has 4 aromatic rings. The van der Waals surface area contributed by atoms with Gasteiger partial charge in [0.1, 0.15) is 17.5 Å². The predicted octanol–water partition coefficient (Wildman–Crippen LogP) is 2.91. The van der Waals surface area contributed by atoms with E-state index in [-0.39, 0.29) is 0 Å². The summed E-state index contributed by atoms with van der Waals surface area (Å²) in [4.78, 5) is 9.20. The van der Waals surface area contributed by atoms with Crippen molar-refractivity contribution in [2.75, 3.05) is 0 Å². The van der Waals surface area contributed by atoms with Crippen LogP contribution in [0.2, 0.25) is 0 Å². The minimum atomic E-state index is 0.509. The number of aryl methyl sites for hydroxylation is 3. The fraction of sp³-hybridized carbons (Fsp3) is 0.350. The first-order chi connectivity index (χ1) is 13.1. The van der Waals surface area contributed by atoms with E-state index >= 15 is 0 Å². The molecule has 0 spiro atoms. The molecule has 1 saturated carbocycles. The van der Waals surface area contributed by atoms with Gasteiger partial charge in [0.25, 0.3) is 0 Å². The van der Waals surface area contributed by atoms with Crippen molar-refractivity contribution in [2.24, 2.45) is 13.0 Å². The molecule has 5 rings (SSSR count). The molecule has 136 valence electrons. The minimum absolute atomic E-state index is 0.509. The van der Waals surface area contributed by atoms with Crippen molar-refractivity contribution in [1.82, 2.24) is 34.5 Å². The SMILES string of the molecule is Cc1nc(C)n(-c2cc(CC3CC3c3nc4ccccc4n3C)cnn2)n1. The van der Waals surface area contributed by atoms with Gasteiger partial charge in [-0.25, -0.2) is 9.97 Å². The number of benzene rings is 1. The Balaban J connectivity index is 1.37. The van der Waals surface area contributed by atoms with Crippen LogP contribution in [-0.2, 0) is 13.5 Å². The molecule has 0 aliphatic heterocycles. The molecule has 27 heavy (non-hydrogen) atoms. The van der Waals surface area contributed by atoms with Crippen LogP contribution in [0.3, 0.4) is 0 Å². The van der Waals surface area contributed by atoms with Crippen LogP contribution in [0.1, 0.15) is 35.4 Å². The highest BCUT2D eigenvalue weighted by atomic mass is 15.4. The maximum atomic E-state index is 4.86. The fourth-order valence-corrected chi connectivity index (χ4v) is 3.94. The van der Waals surface area contributed by atoms with E-state index in [1.165, 1.54) is 16.9 Å². The van der Waals surface area contributed by atoms with Crippen molar-refractivity contribution in [1.29, 1.82) is 0 Å². The van der Waals surface area contributed by atoms with Gasteiger partial charge in [0, 0.05) is 13.0 Å². The highest BCUT2D eigenvalue weighted by Gasteiger charge is 2.41. The summed E-state index contributed by atoms with van der Waals surface area (Å²) in [6.45, 7) is 3.81. The highest BCUT2D eigenvalue weighted by molar-refractivity contribution is 5.76. The molecule has 0 saturated heterocycles. The van der Waals surface area contributed by atoms with Gasteiger partial charge in [-0.1, -0.05) is 12.1 Å². The number of hydrogen-bond acceptors (Lipinski definition) is 5. The molecule has 2 unspecified atom stereocenters. The molecule has 1 aromatic carbocycles. The van der Waals surface area contributed by atoms with Crippen molar-refractivity contribution in [3.63, 3.8) is 0 Å². The van der Waals surface area contributed by atoms with Gasteiger partial charge < -0.3 is 4.57 Å². The van der Waals surface area contributed by atoms with Crippen LogP contribution in [0.15, 0.2) is 36.5 Å². The summed E-state index contributed by atoms with van der Waals surface area (Å²) < 4.78 is 3.99. The molecule has 0 bridgehead atoms. The number of nitrogens with zero attached hydrogens (tertiary/aromatic N) is 7. The molecular formula is C20H21N7. The smallest absolute Gasteiger partial charge is 0.178 e. The Morgan fingerprint density at radius 2 is 2.00 bits per heavy atom. The van der Waals surface area contributed by atoms with Crippen LogP contribution in [0.4, 0.5) is 0 Å². The largest absolute Gasteiger partial charge is 0.331 e. The van der Waals surface area contributed by atoms with Gasteiger partial charge in [0.15, 0.2) is 5.82 Å². The van der Waals surface area contributed by atoms with Gasteiger partial charge in [-0.2, -0.15) is 9.78 Å². The first-order valence-electron chi connectivity index (χ1n) is 9.24. The van der Waals surface area contributed by atoms with Crippen molar-refractivity contribution in [2.45, 2.75) is 32.6 Å². The molecule has 2 atom stereocenters. The standard InChI is InChI=1S/C20H21N7/c1-12-22-13(2)27(25-12)19-9-14(11-21-24-19)8-15-10-16(15)20-23-17-6-4-5-7-18(17)26(20)3/h4-7,9,11,15-16H,8,10H2,1-3H3. The molecule has 3 aromatic heterocycles. The molecule has 0 amide bonds. The van der Waals surface area contributed by atoms with Gasteiger partial charge >= 0.3 is 0 Å². The monoisotopic (exact) mass is 359 g/mol. The number of rotatable bonds is 4. The number of para-hydroxylation sites is 2. The molecule has 0 N–H and O–H groups in total. The lowest BCUT2D eigenvalue weighted by atomic mass is 10.1. The van der Waals surface area contributed by atoms with Crippen LogP contribution in [0.5, 0.6) is 0 Å². The van der Waals surface area contributed by atoms with Gasteiger partial charge in [-0.05, 0) is 56.4 Å². The number of hydrogen-bond donors (Lipinski definition) is 0. The van der Waals surface area contributed by atoms with Crippen LogP contribution < -0.4 is 0 Å². The van der Waals surface area contributed by atoms with E-state index in [1.807, 2.05) is 26.1 Å². The van der Waals surface area contributed by atoms with E-state index in [4.69, 9.17) is 4.98 Å². The normalized spacial score (nSPS) is 18.9. The van der Waals surface area contributed by atoms with Crippen molar-refractivity contribution < 1.29 is 0 Å². The molecule has 7 heteroatoms. The molecular weight excluding hydrogens is 338 g/mol. The lowest BCUT2D eigenvalue weighted by molar-refractivity contribution is 0.723. The molecule has 1 aliphatic carbocycles. The Morgan fingerprint density at radius 1 is 1.15 bits per heavy atom. The minimum Gasteiger partial charge on any atom is -0.331 e. The Kier molecular flexibility index (Phi) is 3.56. The lowest BCUT2D eigenvalue weighted by Crippen LogP contribution is -2.05. The number of fused-ring (bicyclic) bond motifs is 1. The Labute approximate surface area is 157 Å². The van der Waals surface area contributed by atoms with Gasteiger partial charge in [0.2, 0.25) is 0 Å². The van der Waals surface area contributed by atoms with E-state index < -0.39 is 0 Å².